The minimum atomic E-state index is -4.02. The second-order valence-electron chi connectivity index (χ2n) is 3.44. The van der Waals surface area contributed by atoms with Gasteiger partial charge in [-0.05, 0) is 0 Å². The van der Waals surface area contributed by atoms with E-state index in [2.05, 4.69) is 0 Å². The Labute approximate surface area is 92.3 Å². The summed E-state index contributed by atoms with van der Waals surface area (Å²) in [6.45, 7) is -0.889. The van der Waals surface area contributed by atoms with Crippen LogP contribution in [0, 0.1) is 0 Å². The highest BCUT2D eigenvalue weighted by Gasteiger charge is 2.38. The quantitative estimate of drug-likeness (QED) is 0.281. The van der Waals surface area contributed by atoms with Crippen LogP contribution in [-0.4, -0.2) is 81.8 Å². The molecule has 8 nitrogen and oxygen atoms in total. The Balaban J connectivity index is 4.67. The molecule has 0 aliphatic carbocycles. The van der Waals surface area contributed by atoms with Crippen LogP contribution >= 0.6 is 0 Å². The highest BCUT2D eigenvalue weighted by atomic mass is 32.2. The van der Waals surface area contributed by atoms with Crippen LogP contribution in [-0.2, 0) is 9.84 Å². The molecule has 0 aromatic carbocycles. The van der Waals surface area contributed by atoms with E-state index >= 15 is 0 Å². The normalized spacial score (nSPS) is 22.2. The second-order valence-corrected chi connectivity index (χ2v) is 5.58. The topological polar surface area (TPSA) is 156 Å². The highest BCUT2D eigenvalue weighted by molar-refractivity contribution is 7.91. The van der Waals surface area contributed by atoms with Crippen molar-refractivity contribution in [2.45, 2.75) is 29.9 Å². The second kappa shape index (κ2) is 5.87. The summed E-state index contributed by atoms with van der Waals surface area (Å²) in [6.07, 6.45) is -7.39. The van der Waals surface area contributed by atoms with E-state index in [-0.39, 0.29) is 0 Å². The Morgan fingerprint density at radius 2 is 1.38 bits per heavy atom. The summed E-state index contributed by atoms with van der Waals surface area (Å²) in [7, 11) is -4.02. The van der Waals surface area contributed by atoms with Crippen molar-refractivity contribution >= 4 is 9.84 Å². The van der Waals surface area contributed by atoms with Crippen LogP contribution < -0.4 is 0 Å². The number of aliphatic hydroxyl groups excluding tert-OH is 6. The van der Waals surface area contributed by atoms with Gasteiger partial charge >= 0.3 is 0 Å². The van der Waals surface area contributed by atoms with Gasteiger partial charge in [0.2, 0.25) is 0 Å². The van der Waals surface area contributed by atoms with Gasteiger partial charge in [-0.15, -0.1) is 0 Å². The first-order valence-corrected chi connectivity index (χ1v) is 6.28. The zero-order chi connectivity index (χ0) is 13.1. The number of aliphatic hydroxyl groups is 6. The van der Waals surface area contributed by atoms with Gasteiger partial charge in [0.25, 0.3) is 0 Å². The maximum atomic E-state index is 10.8. The third-order valence-electron chi connectivity index (χ3n) is 2.01. The summed E-state index contributed by atoms with van der Waals surface area (Å²) >= 11 is 0. The van der Waals surface area contributed by atoms with Crippen molar-refractivity contribution in [3.8, 4) is 0 Å². The first-order chi connectivity index (χ1) is 7.12. The number of sulfone groups is 1. The van der Waals surface area contributed by atoms with Crippen molar-refractivity contribution in [2.24, 2.45) is 0 Å². The largest absolute Gasteiger partial charge is 0.394 e. The molecule has 0 saturated heterocycles. The fourth-order valence-electron chi connectivity index (χ4n) is 0.960. The van der Waals surface area contributed by atoms with E-state index in [0.29, 0.717) is 6.26 Å². The van der Waals surface area contributed by atoms with E-state index in [1.165, 1.54) is 0 Å². The zero-order valence-electron chi connectivity index (χ0n) is 8.50. The van der Waals surface area contributed by atoms with Crippen molar-refractivity contribution in [2.75, 3.05) is 12.9 Å². The van der Waals surface area contributed by atoms with Gasteiger partial charge in [0.05, 0.1) is 6.61 Å². The van der Waals surface area contributed by atoms with Crippen molar-refractivity contribution in [1.82, 2.24) is 0 Å². The summed E-state index contributed by atoms with van der Waals surface area (Å²) in [5.74, 6) is 0. The van der Waals surface area contributed by atoms with Gasteiger partial charge in [-0.1, -0.05) is 0 Å². The molecule has 98 valence electrons. The zero-order valence-corrected chi connectivity index (χ0v) is 9.32. The highest BCUT2D eigenvalue weighted by Crippen LogP contribution is 2.11. The molecular formula is C7H16O8S. The predicted molar refractivity (Wildman–Crippen MR) is 52.0 cm³/mol. The van der Waals surface area contributed by atoms with Crippen molar-refractivity contribution in [1.29, 1.82) is 0 Å². The van der Waals surface area contributed by atoms with E-state index in [1.807, 2.05) is 0 Å². The van der Waals surface area contributed by atoms with Crippen molar-refractivity contribution in [3.05, 3.63) is 0 Å². The standard InChI is InChI=1S/C7H16O8S/c1-16(14,15)7(13)6(12)5(11)4(10)3(9)2-8/h3-13H,2H2,1H3/t3-,4+,5-,6+,7?/m0/s1. The molecule has 0 spiro atoms. The molecule has 0 rings (SSSR count). The summed E-state index contributed by atoms with van der Waals surface area (Å²) in [5.41, 5.74) is -2.29. The van der Waals surface area contributed by atoms with Gasteiger partial charge in [0, 0.05) is 6.26 Å². The van der Waals surface area contributed by atoms with Crippen LogP contribution in [0.2, 0.25) is 0 Å². The monoisotopic (exact) mass is 260 g/mol. The van der Waals surface area contributed by atoms with Gasteiger partial charge in [-0.2, -0.15) is 0 Å². The lowest BCUT2D eigenvalue weighted by molar-refractivity contribution is -0.128. The summed E-state index contributed by atoms with van der Waals surface area (Å²) in [6, 6.07) is 0. The average Bonchev–Trinajstić information content (AvgIpc) is 2.22. The molecule has 0 saturated carbocycles. The summed E-state index contributed by atoms with van der Waals surface area (Å²) < 4.78 is 21.6. The van der Waals surface area contributed by atoms with E-state index in [9.17, 15) is 18.6 Å². The first kappa shape index (κ1) is 15.7. The van der Waals surface area contributed by atoms with Gasteiger partial charge in [-0.25, -0.2) is 8.42 Å². The van der Waals surface area contributed by atoms with E-state index in [1.54, 1.807) is 0 Å². The Kier molecular flexibility index (Phi) is 5.76. The molecule has 9 heteroatoms. The fraction of sp³-hybridized carbons (Fsp3) is 1.00. The molecular weight excluding hydrogens is 244 g/mol. The Morgan fingerprint density at radius 3 is 1.69 bits per heavy atom. The smallest absolute Gasteiger partial charge is 0.183 e. The van der Waals surface area contributed by atoms with Gasteiger partial charge in [0.1, 0.15) is 24.4 Å². The van der Waals surface area contributed by atoms with E-state index in [4.69, 9.17) is 20.4 Å². The van der Waals surface area contributed by atoms with E-state index in [0.717, 1.165) is 0 Å². The lowest BCUT2D eigenvalue weighted by atomic mass is 10.0. The summed E-state index contributed by atoms with van der Waals surface area (Å²) in [4.78, 5) is 0. The Hall–Kier alpha value is -0.290. The van der Waals surface area contributed by atoms with Crippen LogP contribution in [0.1, 0.15) is 0 Å². The molecule has 0 heterocycles. The Bertz CT molecular complexity index is 302. The van der Waals surface area contributed by atoms with Crippen molar-refractivity contribution in [3.63, 3.8) is 0 Å². The molecule has 0 aromatic heterocycles. The maximum absolute atomic E-state index is 10.8. The molecule has 1 unspecified atom stereocenters. The number of hydrogen-bond acceptors (Lipinski definition) is 8. The molecule has 0 bridgehead atoms. The molecule has 0 amide bonds. The van der Waals surface area contributed by atoms with E-state index < -0.39 is 46.3 Å². The molecule has 0 fully saturated rings. The van der Waals surface area contributed by atoms with Crippen LogP contribution in [0.25, 0.3) is 0 Å². The number of hydrogen-bond donors (Lipinski definition) is 6. The molecule has 5 atom stereocenters. The van der Waals surface area contributed by atoms with Crippen molar-refractivity contribution < 1.29 is 39.1 Å². The van der Waals surface area contributed by atoms with Gasteiger partial charge in [-0.3, -0.25) is 0 Å². The minimum absolute atomic E-state index is 0.627. The Morgan fingerprint density at radius 1 is 0.938 bits per heavy atom. The lowest BCUT2D eigenvalue weighted by Gasteiger charge is -2.27. The SMILES string of the molecule is CS(=O)(=O)C(O)[C@H](O)[C@@H](O)[C@H](O)[C@@H](O)CO. The van der Waals surface area contributed by atoms with Crippen LogP contribution in [0.5, 0.6) is 0 Å². The average molecular weight is 260 g/mol. The van der Waals surface area contributed by atoms with Crippen LogP contribution in [0.3, 0.4) is 0 Å². The molecule has 16 heavy (non-hydrogen) atoms. The van der Waals surface area contributed by atoms with Crippen LogP contribution in [0.4, 0.5) is 0 Å². The molecule has 0 aromatic rings. The maximum Gasteiger partial charge on any atom is 0.183 e. The number of rotatable bonds is 6. The predicted octanol–water partition coefficient (Wildman–Crippen LogP) is -4.21. The molecule has 0 radical (unpaired) electrons. The molecule has 0 aliphatic rings. The lowest BCUT2D eigenvalue weighted by Crippen LogP contribution is -2.51. The van der Waals surface area contributed by atoms with Gasteiger partial charge in [0.15, 0.2) is 15.3 Å². The molecule has 6 N–H and O–H groups in total. The minimum Gasteiger partial charge on any atom is -0.394 e. The third kappa shape index (κ3) is 3.94. The fourth-order valence-corrected chi connectivity index (χ4v) is 1.63. The van der Waals surface area contributed by atoms with Crippen LogP contribution in [0.15, 0.2) is 0 Å². The molecule has 0 aliphatic heterocycles. The third-order valence-corrected chi connectivity index (χ3v) is 3.17. The summed E-state index contributed by atoms with van der Waals surface area (Å²) in [5, 5.41) is 54.0. The van der Waals surface area contributed by atoms with Gasteiger partial charge < -0.3 is 30.6 Å². The first-order valence-electron chi connectivity index (χ1n) is 4.33.